The zero-order valence-electron chi connectivity index (χ0n) is 17.5. The predicted octanol–water partition coefficient (Wildman–Crippen LogP) is 2.27. The minimum atomic E-state index is -3.68. The van der Waals surface area contributed by atoms with Crippen LogP contribution in [0.15, 0.2) is 23.1 Å². The van der Waals surface area contributed by atoms with Crippen LogP contribution in [0, 0.1) is 5.92 Å². The largest absolute Gasteiger partial charge is 0.450 e. The monoisotopic (exact) mass is 435 g/mol. The summed E-state index contributed by atoms with van der Waals surface area (Å²) in [5.74, 6) is 0.285. The minimum Gasteiger partial charge on any atom is -0.450 e. The molecule has 1 aromatic rings. The normalized spacial score (nSPS) is 22.1. The zero-order chi connectivity index (χ0) is 21.5. The summed E-state index contributed by atoms with van der Waals surface area (Å²) in [7, 11) is -3.68. The first kappa shape index (κ1) is 21.1. The quantitative estimate of drug-likeness (QED) is 0.765. The Morgan fingerprint density at radius 2 is 1.87 bits per heavy atom. The smallest absolute Gasteiger partial charge is 0.409 e. The topological polar surface area (TPSA) is 96.0 Å². The lowest BCUT2D eigenvalue weighted by Gasteiger charge is -2.31. The molecule has 2 heterocycles. The molecule has 1 aliphatic carbocycles. The van der Waals surface area contributed by atoms with Gasteiger partial charge < -0.3 is 14.5 Å². The maximum absolute atomic E-state index is 12.9. The fourth-order valence-electron chi connectivity index (χ4n) is 4.32. The number of nitrogens with one attached hydrogen (secondary N) is 1. The third-order valence-corrected chi connectivity index (χ3v) is 7.60. The molecule has 1 atom stereocenters. The van der Waals surface area contributed by atoms with Crippen molar-refractivity contribution in [2.75, 3.05) is 24.6 Å². The summed E-state index contributed by atoms with van der Waals surface area (Å²) in [5, 5.41) is 0. The summed E-state index contributed by atoms with van der Waals surface area (Å²) in [5.41, 5.74) is 1.73. The number of carbonyl (C=O) groups is 2. The van der Waals surface area contributed by atoms with Crippen molar-refractivity contribution >= 4 is 27.7 Å². The molecule has 9 heteroatoms. The van der Waals surface area contributed by atoms with Gasteiger partial charge in [-0.25, -0.2) is 17.9 Å². The summed E-state index contributed by atoms with van der Waals surface area (Å²) in [4.78, 5) is 28.1. The first-order chi connectivity index (χ1) is 14.3. The number of likely N-dealkylation sites (tertiary alicyclic amines) is 1. The van der Waals surface area contributed by atoms with Crippen LogP contribution in [0.1, 0.15) is 45.1 Å². The molecule has 2 amide bonds. The van der Waals surface area contributed by atoms with Gasteiger partial charge in [-0.15, -0.1) is 0 Å². The molecule has 0 spiro atoms. The average molecular weight is 436 g/mol. The molecule has 0 unspecified atom stereocenters. The summed E-state index contributed by atoms with van der Waals surface area (Å²) in [6.07, 6.45) is 3.30. The van der Waals surface area contributed by atoms with Crippen LogP contribution in [-0.4, -0.2) is 57.1 Å². The second kappa shape index (κ2) is 8.19. The van der Waals surface area contributed by atoms with Gasteiger partial charge in [0, 0.05) is 36.8 Å². The van der Waals surface area contributed by atoms with Gasteiger partial charge >= 0.3 is 6.09 Å². The number of rotatable bonds is 5. The van der Waals surface area contributed by atoms with E-state index in [4.69, 9.17) is 4.74 Å². The zero-order valence-corrected chi connectivity index (χ0v) is 18.3. The minimum absolute atomic E-state index is 0.0474. The molecule has 0 aromatic heterocycles. The van der Waals surface area contributed by atoms with Crippen molar-refractivity contribution in [3.8, 4) is 0 Å². The van der Waals surface area contributed by atoms with E-state index in [0.29, 0.717) is 39.0 Å². The molecule has 8 nitrogen and oxygen atoms in total. The van der Waals surface area contributed by atoms with Gasteiger partial charge in [0.15, 0.2) is 0 Å². The van der Waals surface area contributed by atoms with Gasteiger partial charge in [0.1, 0.15) is 0 Å². The highest BCUT2D eigenvalue weighted by atomic mass is 32.2. The molecule has 2 fully saturated rings. The molecule has 164 valence electrons. The Balaban J connectivity index is 1.42. The standard InChI is InChI=1S/C21H29N3O5S/c1-3-29-21(26)23-10-8-17(9-11-23)22-30(27,28)18-6-7-19-16(13-18)12-14(2)24(19)20(25)15-4-5-15/h6-7,13-15,17,22H,3-5,8-12H2,1-2H3/t14-/m0/s1. The first-order valence-corrected chi connectivity index (χ1v) is 12.2. The number of ether oxygens (including phenoxy) is 1. The van der Waals surface area contributed by atoms with Gasteiger partial charge in [-0.05, 0) is 69.7 Å². The Kier molecular flexibility index (Phi) is 5.76. The molecule has 3 aliphatic rings. The summed E-state index contributed by atoms with van der Waals surface area (Å²) >= 11 is 0. The number of piperidine rings is 1. The van der Waals surface area contributed by atoms with Crippen LogP contribution in [0.2, 0.25) is 0 Å². The van der Waals surface area contributed by atoms with Crippen LogP contribution in [-0.2, 0) is 26.0 Å². The molecule has 4 rings (SSSR count). The molecule has 2 aliphatic heterocycles. The molecule has 1 aromatic carbocycles. The highest BCUT2D eigenvalue weighted by Crippen LogP contribution is 2.39. The van der Waals surface area contributed by atoms with Gasteiger partial charge in [-0.1, -0.05) is 0 Å². The van der Waals surface area contributed by atoms with Crippen molar-refractivity contribution in [2.45, 2.75) is 62.9 Å². The Morgan fingerprint density at radius 3 is 2.50 bits per heavy atom. The SMILES string of the molecule is CCOC(=O)N1CCC(NS(=O)(=O)c2ccc3c(c2)C[C@H](C)N3C(=O)C2CC2)CC1. The Labute approximate surface area is 177 Å². The van der Waals surface area contributed by atoms with Crippen LogP contribution in [0.5, 0.6) is 0 Å². The number of hydrogen-bond acceptors (Lipinski definition) is 5. The predicted molar refractivity (Wildman–Crippen MR) is 112 cm³/mol. The second-order valence-corrected chi connectivity index (χ2v) is 10.1. The van der Waals surface area contributed by atoms with E-state index in [9.17, 15) is 18.0 Å². The molecule has 0 radical (unpaired) electrons. The fourth-order valence-corrected chi connectivity index (χ4v) is 5.67. The maximum atomic E-state index is 12.9. The number of carbonyl (C=O) groups excluding carboxylic acids is 2. The molecule has 0 bridgehead atoms. The Morgan fingerprint density at radius 1 is 1.17 bits per heavy atom. The second-order valence-electron chi connectivity index (χ2n) is 8.41. The van der Waals surface area contributed by atoms with Crippen molar-refractivity contribution in [3.63, 3.8) is 0 Å². The van der Waals surface area contributed by atoms with Gasteiger partial charge in [0.2, 0.25) is 15.9 Å². The molecule has 1 N–H and O–H groups in total. The van der Waals surface area contributed by atoms with Crippen molar-refractivity contribution in [1.29, 1.82) is 0 Å². The average Bonchev–Trinajstić information content (AvgIpc) is 3.50. The van der Waals surface area contributed by atoms with E-state index in [0.717, 1.165) is 24.1 Å². The Bertz CT molecular complexity index is 936. The molecule has 30 heavy (non-hydrogen) atoms. The fraction of sp³-hybridized carbons (Fsp3) is 0.619. The van der Waals surface area contributed by atoms with Crippen LogP contribution in [0.4, 0.5) is 10.5 Å². The molecule has 1 saturated heterocycles. The van der Waals surface area contributed by atoms with E-state index >= 15 is 0 Å². The van der Waals surface area contributed by atoms with E-state index in [1.165, 1.54) is 0 Å². The lowest BCUT2D eigenvalue weighted by molar-refractivity contribution is -0.120. The molecular formula is C21H29N3O5S. The van der Waals surface area contributed by atoms with Crippen molar-refractivity contribution in [3.05, 3.63) is 23.8 Å². The maximum Gasteiger partial charge on any atom is 0.409 e. The van der Waals surface area contributed by atoms with Crippen LogP contribution in [0.25, 0.3) is 0 Å². The van der Waals surface area contributed by atoms with Crippen LogP contribution >= 0.6 is 0 Å². The molecule has 1 saturated carbocycles. The van der Waals surface area contributed by atoms with Crippen molar-refractivity contribution in [2.24, 2.45) is 5.92 Å². The van der Waals surface area contributed by atoms with Crippen LogP contribution < -0.4 is 9.62 Å². The summed E-state index contributed by atoms with van der Waals surface area (Å²) in [6.45, 7) is 5.02. The number of amides is 2. The highest BCUT2D eigenvalue weighted by Gasteiger charge is 2.40. The van der Waals surface area contributed by atoms with Crippen molar-refractivity contribution < 1.29 is 22.7 Å². The first-order valence-electron chi connectivity index (χ1n) is 10.7. The van der Waals surface area contributed by atoms with E-state index < -0.39 is 10.0 Å². The number of nitrogens with zero attached hydrogens (tertiary/aromatic N) is 2. The van der Waals surface area contributed by atoms with Gasteiger partial charge in [-0.3, -0.25) is 4.79 Å². The summed E-state index contributed by atoms with van der Waals surface area (Å²) in [6, 6.07) is 4.87. The van der Waals surface area contributed by atoms with E-state index in [1.54, 1.807) is 30.0 Å². The van der Waals surface area contributed by atoms with Crippen molar-refractivity contribution in [1.82, 2.24) is 9.62 Å². The van der Waals surface area contributed by atoms with Crippen LogP contribution in [0.3, 0.4) is 0 Å². The number of fused-ring (bicyclic) bond motifs is 1. The number of anilines is 1. The van der Waals surface area contributed by atoms with E-state index in [-0.39, 0.29) is 34.9 Å². The molecular weight excluding hydrogens is 406 g/mol. The van der Waals surface area contributed by atoms with Gasteiger partial charge in [-0.2, -0.15) is 0 Å². The number of benzene rings is 1. The lowest BCUT2D eigenvalue weighted by atomic mass is 10.1. The lowest BCUT2D eigenvalue weighted by Crippen LogP contribution is -2.46. The van der Waals surface area contributed by atoms with E-state index in [2.05, 4.69) is 4.72 Å². The highest BCUT2D eigenvalue weighted by molar-refractivity contribution is 7.89. The Hall–Kier alpha value is -2.13. The van der Waals surface area contributed by atoms with E-state index in [1.807, 2.05) is 11.8 Å². The third-order valence-electron chi connectivity index (χ3n) is 6.08. The summed E-state index contributed by atoms with van der Waals surface area (Å²) < 4.78 is 33.7. The van der Waals surface area contributed by atoms with Gasteiger partial charge in [0.25, 0.3) is 0 Å². The van der Waals surface area contributed by atoms with Gasteiger partial charge in [0.05, 0.1) is 11.5 Å². The number of sulfonamides is 1. The number of hydrogen-bond donors (Lipinski definition) is 1. The third kappa shape index (κ3) is 4.18.